The third-order valence-electron chi connectivity index (χ3n) is 2.33. The summed E-state index contributed by atoms with van der Waals surface area (Å²) in [4.78, 5) is 0. The average Bonchev–Trinajstić information content (AvgIpc) is 2.29. The summed E-state index contributed by atoms with van der Waals surface area (Å²) in [5.41, 5.74) is 12.3. The van der Waals surface area contributed by atoms with Gasteiger partial charge in [0.2, 0.25) is 0 Å². The van der Waals surface area contributed by atoms with Gasteiger partial charge >= 0.3 is 0 Å². The molecule has 0 aliphatic heterocycles. The molecule has 1 atom stereocenters. The zero-order valence-corrected chi connectivity index (χ0v) is 9.28. The van der Waals surface area contributed by atoms with E-state index in [4.69, 9.17) is 16.2 Å². The number of hydrogen-bond acceptors (Lipinski definition) is 3. The second-order valence-electron chi connectivity index (χ2n) is 3.61. The summed E-state index contributed by atoms with van der Waals surface area (Å²) in [6.45, 7) is 3.39. The molecule has 84 valence electrons. The molecule has 0 spiro atoms. The van der Waals surface area contributed by atoms with E-state index in [0.717, 1.165) is 30.8 Å². The fraction of sp³-hybridized carbons (Fsp3) is 0.500. The molecular formula is C12H20N2O. The first-order chi connectivity index (χ1) is 7.27. The van der Waals surface area contributed by atoms with Crippen LogP contribution in [0.5, 0.6) is 5.75 Å². The fourth-order valence-electron chi connectivity index (χ4n) is 1.28. The lowest BCUT2D eigenvalue weighted by Gasteiger charge is -2.10. The van der Waals surface area contributed by atoms with Gasteiger partial charge in [0.1, 0.15) is 5.75 Å². The summed E-state index contributed by atoms with van der Waals surface area (Å²) in [6.07, 6.45) is 2.24. The Hall–Kier alpha value is -1.06. The second kappa shape index (κ2) is 6.43. The number of hydrogen-bond donors (Lipinski definition) is 2. The molecule has 1 rings (SSSR count). The Morgan fingerprint density at radius 2 is 1.93 bits per heavy atom. The van der Waals surface area contributed by atoms with E-state index < -0.39 is 0 Å². The smallest absolute Gasteiger partial charge is 0.119 e. The highest BCUT2D eigenvalue weighted by atomic mass is 16.5. The van der Waals surface area contributed by atoms with E-state index in [-0.39, 0.29) is 6.04 Å². The monoisotopic (exact) mass is 208 g/mol. The van der Waals surface area contributed by atoms with Gasteiger partial charge in [-0.2, -0.15) is 0 Å². The normalized spacial score (nSPS) is 12.5. The summed E-state index contributed by atoms with van der Waals surface area (Å²) >= 11 is 0. The van der Waals surface area contributed by atoms with Crippen molar-refractivity contribution in [2.24, 2.45) is 11.5 Å². The molecular weight excluding hydrogens is 188 g/mol. The highest BCUT2D eigenvalue weighted by molar-refractivity contribution is 5.29. The van der Waals surface area contributed by atoms with Gasteiger partial charge in [0, 0.05) is 12.6 Å². The molecule has 0 aliphatic carbocycles. The van der Waals surface area contributed by atoms with Gasteiger partial charge in [-0.1, -0.05) is 25.5 Å². The van der Waals surface area contributed by atoms with Gasteiger partial charge in [-0.3, -0.25) is 0 Å². The van der Waals surface area contributed by atoms with Crippen molar-refractivity contribution in [1.82, 2.24) is 0 Å². The molecule has 1 aromatic rings. The van der Waals surface area contributed by atoms with E-state index in [9.17, 15) is 0 Å². The van der Waals surface area contributed by atoms with Crippen LogP contribution in [-0.4, -0.2) is 13.2 Å². The summed E-state index contributed by atoms with van der Waals surface area (Å²) in [6, 6.07) is 7.76. The second-order valence-corrected chi connectivity index (χ2v) is 3.61. The third-order valence-corrected chi connectivity index (χ3v) is 2.33. The van der Waals surface area contributed by atoms with Gasteiger partial charge in [-0.15, -0.1) is 0 Å². The lowest BCUT2D eigenvalue weighted by molar-refractivity contribution is 0.309. The lowest BCUT2D eigenvalue weighted by atomic mass is 10.1. The Labute approximate surface area is 91.4 Å². The average molecular weight is 208 g/mol. The van der Waals surface area contributed by atoms with Gasteiger partial charge in [-0.25, -0.2) is 0 Å². The maximum Gasteiger partial charge on any atom is 0.119 e. The van der Waals surface area contributed by atoms with Gasteiger partial charge in [-0.05, 0) is 24.1 Å². The van der Waals surface area contributed by atoms with Crippen molar-refractivity contribution in [1.29, 1.82) is 0 Å². The molecule has 0 radical (unpaired) electrons. The molecule has 0 heterocycles. The van der Waals surface area contributed by atoms with Crippen LogP contribution in [0, 0.1) is 0 Å². The molecule has 3 nitrogen and oxygen atoms in total. The lowest BCUT2D eigenvalue weighted by Crippen LogP contribution is -2.20. The Morgan fingerprint density at radius 3 is 2.47 bits per heavy atom. The van der Waals surface area contributed by atoms with Crippen LogP contribution in [0.2, 0.25) is 0 Å². The van der Waals surface area contributed by atoms with Crippen molar-refractivity contribution < 1.29 is 4.74 Å². The largest absolute Gasteiger partial charge is 0.494 e. The SMILES string of the molecule is CCCCOc1ccc([C@H](N)CN)cc1. The van der Waals surface area contributed by atoms with Crippen LogP contribution in [0.15, 0.2) is 24.3 Å². The molecule has 0 saturated carbocycles. The minimum absolute atomic E-state index is 0.0744. The molecule has 0 bridgehead atoms. The predicted molar refractivity (Wildman–Crippen MR) is 62.8 cm³/mol. The first kappa shape index (κ1) is 12.0. The van der Waals surface area contributed by atoms with Crippen LogP contribution in [-0.2, 0) is 0 Å². The summed E-state index contributed by atoms with van der Waals surface area (Å²) in [5, 5.41) is 0. The highest BCUT2D eigenvalue weighted by Gasteiger charge is 2.02. The summed E-state index contributed by atoms with van der Waals surface area (Å²) in [5.74, 6) is 0.899. The van der Waals surface area contributed by atoms with Gasteiger partial charge in [0.25, 0.3) is 0 Å². The number of benzene rings is 1. The predicted octanol–water partition coefficient (Wildman–Crippen LogP) is 1.82. The first-order valence-electron chi connectivity index (χ1n) is 5.46. The zero-order valence-electron chi connectivity index (χ0n) is 9.28. The molecule has 3 heteroatoms. The molecule has 1 aromatic carbocycles. The Bertz CT molecular complexity index is 271. The van der Waals surface area contributed by atoms with Crippen LogP contribution in [0.4, 0.5) is 0 Å². The van der Waals surface area contributed by atoms with E-state index in [2.05, 4.69) is 6.92 Å². The number of unbranched alkanes of at least 4 members (excludes halogenated alkanes) is 1. The quantitative estimate of drug-likeness (QED) is 0.701. The van der Waals surface area contributed by atoms with E-state index in [0.29, 0.717) is 6.54 Å². The summed E-state index contributed by atoms with van der Waals surface area (Å²) < 4.78 is 5.54. The third kappa shape index (κ3) is 3.90. The Morgan fingerprint density at radius 1 is 1.27 bits per heavy atom. The van der Waals surface area contributed by atoms with Gasteiger partial charge in [0.05, 0.1) is 6.61 Å². The van der Waals surface area contributed by atoms with Crippen molar-refractivity contribution >= 4 is 0 Å². The molecule has 0 unspecified atom stereocenters. The van der Waals surface area contributed by atoms with Crippen LogP contribution < -0.4 is 16.2 Å². The van der Waals surface area contributed by atoms with Gasteiger partial charge < -0.3 is 16.2 Å². The number of rotatable bonds is 6. The maximum absolute atomic E-state index is 5.80. The van der Waals surface area contributed by atoms with E-state index in [1.54, 1.807) is 0 Å². The molecule has 4 N–H and O–H groups in total. The van der Waals surface area contributed by atoms with Crippen molar-refractivity contribution in [3.8, 4) is 5.75 Å². The molecule has 15 heavy (non-hydrogen) atoms. The minimum atomic E-state index is -0.0744. The van der Waals surface area contributed by atoms with Crippen molar-refractivity contribution in [3.05, 3.63) is 29.8 Å². The number of nitrogens with two attached hydrogens (primary N) is 2. The van der Waals surface area contributed by atoms with Crippen LogP contribution >= 0.6 is 0 Å². The maximum atomic E-state index is 5.80. The Balaban J connectivity index is 2.49. The van der Waals surface area contributed by atoms with Gasteiger partial charge in [0.15, 0.2) is 0 Å². The molecule has 0 aromatic heterocycles. The molecule has 0 saturated heterocycles. The van der Waals surface area contributed by atoms with Crippen LogP contribution in [0.1, 0.15) is 31.4 Å². The Kier molecular flexibility index (Phi) is 5.15. The fourth-order valence-corrected chi connectivity index (χ4v) is 1.28. The molecule has 0 aliphatic rings. The molecule has 0 amide bonds. The van der Waals surface area contributed by atoms with E-state index >= 15 is 0 Å². The zero-order chi connectivity index (χ0) is 11.1. The number of ether oxygens (including phenoxy) is 1. The van der Waals surface area contributed by atoms with Crippen LogP contribution in [0.25, 0.3) is 0 Å². The topological polar surface area (TPSA) is 61.3 Å². The van der Waals surface area contributed by atoms with E-state index in [1.165, 1.54) is 0 Å². The minimum Gasteiger partial charge on any atom is -0.494 e. The van der Waals surface area contributed by atoms with Crippen molar-refractivity contribution in [2.75, 3.05) is 13.2 Å². The standard InChI is InChI=1S/C12H20N2O/c1-2-3-8-15-11-6-4-10(5-7-11)12(14)9-13/h4-7,12H,2-3,8-9,13-14H2,1H3/t12-/m1/s1. The van der Waals surface area contributed by atoms with Crippen molar-refractivity contribution in [2.45, 2.75) is 25.8 Å². The molecule has 0 fully saturated rings. The van der Waals surface area contributed by atoms with Crippen molar-refractivity contribution in [3.63, 3.8) is 0 Å². The van der Waals surface area contributed by atoms with E-state index in [1.807, 2.05) is 24.3 Å². The first-order valence-corrected chi connectivity index (χ1v) is 5.46. The summed E-state index contributed by atoms with van der Waals surface area (Å²) in [7, 11) is 0. The van der Waals surface area contributed by atoms with Crippen LogP contribution in [0.3, 0.4) is 0 Å². The highest BCUT2D eigenvalue weighted by Crippen LogP contribution is 2.16.